The van der Waals surface area contributed by atoms with Crippen LogP contribution in [-0.4, -0.2) is 7.11 Å². The van der Waals surface area contributed by atoms with Gasteiger partial charge >= 0.3 is 0 Å². The van der Waals surface area contributed by atoms with Crippen molar-refractivity contribution in [2.45, 2.75) is 6.92 Å². The maximum atomic E-state index is 5.02. The molecule has 0 atom stereocenters. The van der Waals surface area contributed by atoms with Gasteiger partial charge in [0.25, 0.3) is 0 Å². The highest BCUT2D eigenvalue weighted by Crippen LogP contribution is 2.20. The molecular weight excluding hydrogens is 192 g/mol. The van der Waals surface area contributed by atoms with Crippen LogP contribution >= 0.6 is 15.9 Å². The molecule has 0 bridgehead atoms. The molecule has 1 aromatic rings. The van der Waals surface area contributed by atoms with E-state index in [1.807, 2.05) is 19.1 Å². The molecule has 0 spiro atoms. The average Bonchev–Trinajstić information content (AvgIpc) is 1.88. The molecule has 0 N–H and O–H groups in total. The number of halogens is 1. The van der Waals surface area contributed by atoms with E-state index in [9.17, 15) is 0 Å². The lowest BCUT2D eigenvalue weighted by molar-refractivity contribution is 0.410. The summed E-state index contributed by atoms with van der Waals surface area (Å²) in [6.45, 7) is 1.99. The van der Waals surface area contributed by atoms with Crippen molar-refractivity contribution >= 4 is 15.9 Å². The highest BCUT2D eigenvalue weighted by Gasteiger charge is 1.96. The van der Waals surface area contributed by atoms with Gasteiger partial charge in [-0.2, -0.15) is 0 Å². The van der Waals surface area contributed by atoms with Crippen molar-refractivity contribution in [1.29, 1.82) is 0 Å². The van der Waals surface area contributed by atoms with Crippen LogP contribution < -0.4 is 4.74 Å². The lowest BCUT2D eigenvalue weighted by Crippen LogP contribution is -1.85. The van der Waals surface area contributed by atoms with Crippen LogP contribution in [0.15, 0.2) is 16.6 Å². The molecule has 0 amide bonds. The molecule has 0 saturated heterocycles. The van der Waals surface area contributed by atoms with Crippen molar-refractivity contribution in [3.63, 3.8) is 0 Å². The fourth-order valence-corrected chi connectivity index (χ4v) is 1.24. The molecule has 0 aliphatic carbocycles. The van der Waals surface area contributed by atoms with Crippen molar-refractivity contribution < 1.29 is 4.74 Å². The normalized spacial score (nSPS) is 9.50. The molecule has 0 aromatic heterocycles. The predicted octanol–water partition coefficient (Wildman–Crippen LogP) is 2.57. The molecule has 10 heavy (non-hydrogen) atoms. The summed E-state index contributed by atoms with van der Waals surface area (Å²) in [6, 6.07) is 6.82. The van der Waals surface area contributed by atoms with Gasteiger partial charge in [0, 0.05) is 10.5 Å². The highest BCUT2D eigenvalue weighted by molar-refractivity contribution is 9.10. The first-order chi connectivity index (χ1) is 4.74. The summed E-state index contributed by atoms with van der Waals surface area (Å²) in [5, 5.41) is 0. The molecule has 2 heteroatoms. The number of ether oxygens (including phenoxy) is 1. The Bertz CT molecular complexity index is 233. The van der Waals surface area contributed by atoms with Crippen molar-refractivity contribution in [2.75, 3.05) is 7.11 Å². The van der Waals surface area contributed by atoms with Crippen LogP contribution in [0.25, 0.3) is 0 Å². The number of rotatable bonds is 1. The third kappa shape index (κ3) is 1.51. The average molecular weight is 200 g/mol. The third-order valence-electron chi connectivity index (χ3n) is 1.26. The zero-order valence-corrected chi connectivity index (χ0v) is 7.53. The SMILES string of the molecule is COc1[c]cc(Br)cc1C. The lowest BCUT2D eigenvalue weighted by Gasteiger charge is -2.02. The van der Waals surface area contributed by atoms with Gasteiger partial charge in [-0.25, -0.2) is 0 Å². The molecule has 0 fully saturated rings. The van der Waals surface area contributed by atoms with E-state index in [1.54, 1.807) is 7.11 Å². The quantitative estimate of drug-likeness (QED) is 0.676. The van der Waals surface area contributed by atoms with Crippen LogP contribution in [0.3, 0.4) is 0 Å². The molecule has 1 radical (unpaired) electrons. The molecule has 0 unspecified atom stereocenters. The van der Waals surface area contributed by atoms with E-state index >= 15 is 0 Å². The Morgan fingerprint density at radius 1 is 1.60 bits per heavy atom. The van der Waals surface area contributed by atoms with Crippen molar-refractivity contribution in [1.82, 2.24) is 0 Å². The number of methoxy groups -OCH3 is 1. The lowest BCUT2D eigenvalue weighted by atomic mass is 10.2. The van der Waals surface area contributed by atoms with E-state index in [2.05, 4.69) is 22.0 Å². The van der Waals surface area contributed by atoms with E-state index in [1.165, 1.54) is 0 Å². The van der Waals surface area contributed by atoms with E-state index in [4.69, 9.17) is 4.74 Å². The fraction of sp³-hybridized carbons (Fsp3) is 0.250. The summed E-state index contributed by atoms with van der Waals surface area (Å²) < 4.78 is 6.06. The molecule has 1 rings (SSSR count). The maximum Gasteiger partial charge on any atom is 0.129 e. The van der Waals surface area contributed by atoms with Gasteiger partial charge in [0.1, 0.15) is 5.75 Å². The zero-order valence-electron chi connectivity index (χ0n) is 5.94. The standard InChI is InChI=1S/C8H8BrO/c1-6-5-7(9)3-4-8(6)10-2/h3,5H,1-2H3. The van der Waals surface area contributed by atoms with Gasteiger partial charge in [-0.1, -0.05) is 15.9 Å². The summed E-state index contributed by atoms with van der Waals surface area (Å²) in [7, 11) is 1.65. The van der Waals surface area contributed by atoms with Crippen molar-refractivity contribution in [2.24, 2.45) is 0 Å². The van der Waals surface area contributed by atoms with Crippen LogP contribution in [0.2, 0.25) is 0 Å². The second kappa shape index (κ2) is 3.06. The van der Waals surface area contributed by atoms with Crippen LogP contribution in [0, 0.1) is 13.0 Å². The van der Waals surface area contributed by atoms with Gasteiger partial charge < -0.3 is 4.74 Å². The molecule has 0 heterocycles. The van der Waals surface area contributed by atoms with Gasteiger partial charge in [0.15, 0.2) is 0 Å². The predicted molar refractivity (Wildman–Crippen MR) is 44.3 cm³/mol. The van der Waals surface area contributed by atoms with E-state index in [0.717, 1.165) is 15.8 Å². The van der Waals surface area contributed by atoms with E-state index in [0.29, 0.717) is 0 Å². The smallest absolute Gasteiger partial charge is 0.129 e. The Kier molecular flexibility index (Phi) is 2.33. The summed E-state index contributed by atoms with van der Waals surface area (Å²) in [5.41, 5.74) is 1.09. The molecule has 1 nitrogen and oxygen atoms in total. The topological polar surface area (TPSA) is 9.23 Å². The van der Waals surface area contributed by atoms with Crippen LogP contribution in [0.1, 0.15) is 5.56 Å². The molecule has 0 aliphatic rings. The van der Waals surface area contributed by atoms with Gasteiger partial charge in [0.2, 0.25) is 0 Å². The van der Waals surface area contributed by atoms with Gasteiger partial charge in [-0.05, 0) is 24.6 Å². The first-order valence-corrected chi connectivity index (χ1v) is 3.75. The van der Waals surface area contributed by atoms with Crippen LogP contribution in [0.4, 0.5) is 0 Å². The second-order valence-corrected chi connectivity index (χ2v) is 2.95. The molecule has 1 aromatic carbocycles. The Labute approximate surface area is 69.1 Å². The van der Waals surface area contributed by atoms with Gasteiger partial charge in [-0.3, -0.25) is 0 Å². The zero-order chi connectivity index (χ0) is 7.56. The second-order valence-electron chi connectivity index (χ2n) is 2.03. The first-order valence-electron chi connectivity index (χ1n) is 2.96. The van der Waals surface area contributed by atoms with E-state index < -0.39 is 0 Å². The maximum absolute atomic E-state index is 5.02. The Hall–Kier alpha value is -0.500. The molecule has 53 valence electrons. The minimum absolute atomic E-state index is 0.809. The fourth-order valence-electron chi connectivity index (χ4n) is 0.782. The van der Waals surface area contributed by atoms with Crippen LogP contribution in [0.5, 0.6) is 5.75 Å². The monoisotopic (exact) mass is 199 g/mol. The first kappa shape index (κ1) is 7.61. The Morgan fingerprint density at radius 2 is 2.30 bits per heavy atom. The van der Waals surface area contributed by atoms with Crippen molar-refractivity contribution in [3.8, 4) is 5.75 Å². The summed E-state index contributed by atoms with van der Waals surface area (Å²) >= 11 is 3.34. The molecular formula is C8H8BrO. The Balaban J connectivity index is 3.07. The highest BCUT2D eigenvalue weighted by atomic mass is 79.9. The molecule has 0 saturated carbocycles. The summed E-state index contributed by atoms with van der Waals surface area (Å²) in [4.78, 5) is 0. The third-order valence-corrected chi connectivity index (χ3v) is 1.72. The van der Waals surface area contributed by atoms with Gasteiger partial charge in [0.05, 0.1) is 7.11 Å². The Morgan fingerprint density at radius 3 is 2.80 bits per heavy atom. The summed E-state index contributed by atoms with van der Waals surface area (Å²) in [5.74, 6) is 0.809. The largest absolute Gasteiger partial charge is 0.496 e. The molecule has 0 aliphatic heterocycles. The van der Waals surface area contributed by atoms with Crippen LogP contribution in [-0.2, 0) is 0 Å². The summed E-state index contributed by atoms with van der Waals surface area (Å²) in [6.07, 6.45) is 0. The number of benzene rings is 1. The van der Waals surface area contributed by atoms with Crippen molar-refractivity contribution in [3.05, 3.63) is 28.2 Å². The number of hydrogen-bond acceptors (Lipinski definition) is 1. The van der Waals surface area contributed by atoms with Gasteiger partial charge in [-0.15, -0.1) is 0 Å². The minimum Gasteiger partial charge on any atom is -0.496 e. The number of hydrogen-bond donors (Lipinski definition) is 0. The number of aryl methyl sites for hydroxylation is 1. The van der Waals surface area contributed by atoms with E-state index in [-0.39, 0.29) is 0 Å². The minimum atomic E-state index is 0.809.